The Hall–Kier alpha value is -2.19. The van der Waals surface area contributed by atoms with E-state index in [1.165, 1.54) is 0 Å². The molecule has 2 fully saturated rings. The van der Waals surface area contributed by atoms with Crippen molar-refractivity contribution in [2.45, 2.75) is 51.7 Å². The molecule has 2 atom stereocenters. The van der Waals surface area contributed by atoms with Crippen LogP contribution >= 0.6 is 0 Å². The van der Waals surface area contributed by atoms with Crippen molar-refractivity contribution in [2.24, 2.45) is 0 Å². The minimum atomic E-state index is -2.98. The molecule has 31 heavy (non-hydrogen) atoms. The Labute approximate surface area is 184 Å². The molecule has 2 aliphatic rings. The third-order valence-corrected chi connectivity index (χ3v) is 8.39. The third kappa shape index (κ3) is 4.55. The van der Waals surface area contributed by atoms with Gasteiger partial charge in [-0.3, -0.25) is 14.4 Å². The van der Waals surface area contributed by atoms with Crippen LogP contribution in [0.15, 0.2) is 30.3 Å². The lowest BCUT2D eigenvalue weighted by molar-refractivity contribution is -0.136. The lowest BCUT2D eigenvalue weighted by Crippen LogP contribution is -2.40. The van der Waals surface area contributed by atoms with Crippen molar-refractivity contribution in [3.05, 3.63) is 52.8 Å². The normalized spacial score (nSPS) is 21.7. The Bertz CT molecular complexity index is 1040. The zero-order valence-corrected chi connectivity index (χ0v) is 19.4. The molecule has 2 aliphatic heterocycles. The van der Waals surface area contributed by atoms with E-state index in [4.69, 9.17) is 5.10 Å². The molecule has 2 saturated heterocycles. The van der Waals surface area contributed by atoms with Gasteiger partial charge in [-0.05, 0) is 45.7 Å². The summed E-state index contributed by atoms with van der Waals surface area (Å²) in [7, 11) is -0.991. The molecule has 1 amide bonds. The molecule has 8 heteroatoms. The largest absolute Gasteiger partial charge is 0.341 e. The van der Waals surface area contributed by atoms with Crippen molar-refractivity contribution in [1.29, 1.82) is 0 Å². The van der Waals surface area contributed by atoms with Crippen LogP contribution < -0.4 is 0 Å². The summed E-state index contributed by atoms with van der Waals surface area (Å²) in [4.78, 5) is 17.5. The van der Waals surface area contributed by atoms with Gasteiger partial charge in [-0.1, -0.05) is 30.3 Å². The van der Waals surface area contributed by atoms with E-state index in [0.29, 0.717) is 13.0 Å². The molecule has 0 aliphatic carbocycles. The highest BCUT2D eigenvalue weighted by atomic mass is 32.2. The number of amides is 1. The molecule has 0 spiro atoms. The van der Waals surface area contributed by atoms with E-state index < -0.39 is 9.84 Å². The van der Waals surface area contributed by atoms with Gasteiger partial charge in [0, 0.05) is 30.9 Å². The van der Waals surface area contributed by atoms with E-state index in [1.807, 2.05) is 60.8 Å². The van der Waals surface area contributed by atoms with Crippen LogP contribution in [0.2, 0.25) is 0 Å². The van der Waals surface area contributed by atoms with E-state index in [9.17, 15) is 13.2 Å². The molecule has 3 heterocycles. The molecule has 1 aromatic carbocycles. The number of benzene rings is 1. The second-order valence-corrected chi connectivity index (χ2v) is 11.1. The van der Waals surface area contributed by atoms with Crippen molar-refractivity contribution >= 4 is 15.7 Å². The summed E-state index contributed by atoms with van der Waals surface area (Å²) in [6.45, 7) is 6.20. The number of aryl methyl sites for hydroxylation is 1. The number of carbonyl (C=O) groups is 1. The Morgan fingerprint density at radius 2 is 1.87 bits per heavy atom. The number of nitrogens with zero attached hydrogens (tertiary/aromatic N) is 4. The van der Waals surface area contributed by atoms with Crippen LogP contribution in [0.1, 0.15) is 53.9 Å². The van der Waals surface area contributed by atoms with E-state index >= 15 is 0 Å². The number of hydrogen-bond donors (Lipinski definition) is 0. The zero-order valence-electron chi connectivity index (χ0n) is 18.6. The van der Waals surface area contributed by atoms with Crippen LogP contribution in [0.25, 0.3) is 0 Å². The number of hydrogen-bond acceptors (Lipinski definition) is 5. The number of aromatic nitrogens is 2. The predicted octanol–water partition coefficient (Wildman–Crippen LogP) is 2.66. The van der Waals surface area contributed by atoms with Gasteiger partial charge in [-0.2, -0.15) is 5.10 Å². The van der Waals surface area contributed by atoms with Crippen LogP contribution in [0.3, 0.4) is 0 Å². The number of sulfone groups is 1. The summed E-state index contributed by atoms with van der Waals surface area (Å²) >= 11 is 0. The topological polar surface area (TPSA) is 75.5 Å². The molecule has 0 saturated carbocycles. The minimum absolute atomic E-state index is 0.0982. The lowest BCUT2D eigenvalue weighted by atomic mass is 10.0. The highest BCUT2D eigenvalue weighted by Gasteiger charge is 2.34. The van der Waals surface area contributed by atoms with Crippen LogP contribution in [0.4, 0.5) is 0 Å². The Morgan fingerprint density at radius 3 is 2.48 bits per heavy atom. The lowest BCUT2D eigenvalue weighted by Gasteiger charge is -2.31. The third-order valence-electron chi connectivity index (χ3n) is 6.64. The van der Waals surface area contributed by atoms with Gasteiger partial charge in [0.1, 0.15) is 6.04 Å². The van der Waals surface area contributed by atoms with Gasteiger partial charge >= 0.3 is 0 Å². The summed E-state index contributed by atoms with van der Waals surface area (Å²) in [5.41, 5.74) is 3.95. The SMILES string of the molecule is Cc1nn([C@H]2CCS(=O)(=O)C2)c(C)c1CN(C)[C@H](C(=O)N1CCCC1)c1ccccc1. The summed E-state index contributed by atoms with van der Waals surface area (Å²) in [6, 6.07) is 9.50. The van der Waals surface area contributed by atoms with Crippen molar-refractivity contribution < 1.29 is 13.2 Å². The second-order valence-electron chi connectivity index (χ2n) is 8.91. The molecule has 7 nitrogen and oxygen atoms in total. The average Bonchev–Trinajstić information content (AvgIpc) is 3.45. The van der Waals surface area contributed by atoms with Gasteiger partial charge in [0.2, 0.25) is 5.91 Å². The fraction of sp³-hybridized carbons (Fsp3) is 0.565. The molecule has 4 rings (SSSR count). The van der Waals surface area contributed by atoms with Gasteiger partial charge < -0.3 is 4.90 Å². The summed E-state index contributed by atoms with van der Waals surface area (Å²) < 4.78 is 25.8. The van der Waals surface area contributed by atoms with E-state index in [1.54, 1.807) is 0 Å². The first kappa shape index (κ1) is 22.0. The smallest absolute Gasteiger partial charge is 0.244 e. The Balaban J connectivity index is 1.60. The Morgan fingerprint density at radius 1 is 1.19 bits per heavy atom. The van der Waals surface area contributed by atoms with Crippen LogP contribution in [-0.4, -0.2) is 65.5 Å². The van der Waals surface area contributed by atoms with Gasteiger partial charge in [0.15, 0.2) is 9.84 Å². The maximum Gasteiger partial charge on any atom is 0.244 e. The van der Waals surface area contributed by atoms with Crippen LogP contribution in [0, 0.1) is 13.8 Å². The fourth-order valence-electron chi connectivity index (χ4n) is 4.92. The fourth-order valence-corrected chi connectivity index (χ4v) is 6.61. The molecule has 0 N–H and O–H groups in total. The molecular formula is C23H32N4O3S. The van der Waals surface area contributed by atoms with Gasteiger partial charge in [0.05, 0.1) is 23.2 Å². The molecule has 0 unspecified atom stereocenters. The first-order valence-electron chi connectivity index (χ1n) is 11.1. The maximum atomic E-state index is 13.4. The van der Waals surface area contributed by atoms with Gasteiger partial charge in [-0.15, -0.1) is 0 Å². The average molecular weight is 445 g/mol. The zero-order chi connectivity index (χ0) is 22.2. The van der Waals surface area contributed by atoms with Crippen molar-refractivity contribution in [1.82, 2.24) is 19.6 Å². The maximum absolute atomic E-state index is 13.4. The van der Waals surface area contributed by atoms with E-state index in [-0.39, 0.29) is 29.5 Å². The molecule has 168 valence electrons. The van der Waals surface area contributed by atoms with E-state index in [0.717, 1.165) is 48.4 Å². The molecule has 0 radical (unpaired) electrons. The summed E-state index contributed by atoms with van der Waals surface area (Å²) in [5.74, 6) is 0.534. The number of likely N-dealkylation sites (N-methyl/N-ethyl adjacent to an activating group) is 1. The monoisotopic (exact) mass is 444 g/mol. The summed E-state index contributed by atoms with van der Waals surface area (Å²) in [6.07, 6.45) is 2.73. The van der Waals surface area contributed by atoms with Crippen LogP contribution in [-0.2, 0) is 21.2 Å². The number of rotatable bonds is 6. The van der Waals surface area contributed by atoms with Gasteiger partial charge in [-0.25, -0.2) is 8.42 Å². The molecular weight excluding hydrogens is 412 g/mol. The minimum Gasteiger partial charge on any atom is -0.341 e. The Kier molecular flexibility index (Phi) is 6.21. The molecule has 1 aromatic heterocycles. The van der Waals surface area contributed by atoms with Crippen molar-refractivity contribution in [3.8, 4) is 0 Å². The quantitative estimate of drug-likeness (QED) is 0.685. The number of likely N-dealkylation sites (tertiary alicyclic amines) is 1. The molecule has 2 aromatic rings. The predicted molar refractivity (Wildman–Crippen MR) is 120 cm³/mol. The second kappa shape index (κ2) is 8.74. The highest BCUT2D eigenvalue weighted by molar-refractivity contribution is 7.91. The van der Waals surface area contributed by atoms with Crippen LogP contribution in [0.5, 0.6) is 0 Å². The van der Waals surface area contributed by atoms with Crippen molar-refractivity contribution in [2.75, 3.05) is 31.6 Å². The van der Waals surface area contributed by atoms with E-state index in [2.05, 4.69) is 4.90 Å². The molecule has 0 bridgehead atoms. The number of carbonyl (C=O) groups excluding carboxylic acids is 1. The summed E-state index contributed by atoms with van der Waals surface area (Å²) in [5, 5.41) is 4.70. The highest BCUT2D eigenvalue weighted by Crippen LogP contribution is 2.30. The first-order chi connectivity index (χ1) is 14.8. The van der Waals surface area contributed by atoms with Gasteiger partial charge in [0.25, 0.3) is 0 Å². The standard InChI is InChI=1S/C23H32N4O3S/c1-17-21(18(2)27(24-17)20-11-14-31(29,30)16-20)15-25(3)22(19-9-5-4-6-10-19)23(28)26-12-7-8-13-26/h4-6,9-10,20,22H,7-8,11-16H2,1-3H3/t20-,22-/m0/s1. The first-order valence-corrected chi connectivity index (χ1v) is 12.9. The van der Waals surface area contributed by atoms with Crippen molar-refractivity contribution in [3.63, 3.8) is 0 Å².